The number of phosphoric acid groups is 1. The number of carbonyl (C=O) groups is 5. The van der Waals surface area contributed by atoms with Crippen LogP contribution >= 0.6 is 7.82 Å². The minimum atomic E-state index is -5.52. The number of aliphatic hydroxyl groups excluding tert-OH is 4. The molecule has 582 valence electrons. The third kappa shape index (κ3) is 47.3. The highest BCUT2D eigenvalue weighted by Crippen LogP contribution is 2.43. The van der Waals surface area contributed by atoms with E-state index in [2.05, 4.69) is 45.3 Å². The molecule has 6 unspecified atom stereocenters. The summed E-state index contributed by atoms with van der Waals surface area (Å²) in [6.07, 6.45) is 32.0. The molecule has 0 spiro atoms. The van der Waals surface area contributed by atoms with Crippen molar-refractivity contribution in [3.63, 3.8) is 0 Å². The van der Waals surface area contributed by atoms with E-state index < -0.39 is 130 Å². The van der Waals surface area contributed by atoms with Gasteiger partial charge in [-0.3, -0.25) is 28.5 Å². The van der Waals surface area contributed by atoms with Crippen molar-refractivity contribution >= 4 is 37.5 Å². The number of amides is 2. The molecule has 8 N–H and O–H groups in total. The summed E-state index contributed by atoms with van der Waals surface area (Å²) in [6.45, 7) is 9.07. The van der Waals surface area contributed by atoms with E-state index in [9.17, 15) is 58.8 Å². The molecule has 0 bridgehead atoms. The Morgan fingerprint density at radius 2 is 0.828 bits per heavy atom. The number of hydrogen-bond donors (Lipinski definition) is 8. The second-order valence-corrected chi connectivity index (χ2v) is 30.0. The molecule has 2 saturated heterocycles. The number of ether oxygens (including phenoxy) is 6. The van der Waals surface area contributed by atoms with E-state index in [0.29, 0.717) is 44.9 Å². The summed E-state index contributed by atoms with van der Waals surface area (Å²) in [4.78, 5) is 90.6. The molecule has 2 aliphatic rings. The van der Waals surface area contributed by atoms with Crippen LogP contribution in [0.2, 0.25) is 0 Å². The third-order valence-electron chi connectivity index (χ3n) is 19.5. The predicted octanol–water partition coefficient (Wildman–Crippen LogP) is 15.8. The van der Waals surface area contributed by atoms with Gasteiger partial charge in [0.2, 0.25) is 11.8 Å². The average Bonchev–Trinajstić information content (AvgIpc) is 0.785. The lowest BCUT2D eigenvalue weighted by Gasteiger charge is -2.46. The number of phosphoric ester groups is 1. The lowest BCUT2D eigenvalue weighted by molar-refractivity contribution is -0.282. The molecule has 0 aromatic rings. The van der Waals surface area contributed by atoms with Gasteiger partial charge >= 0.3 is 25.7 Å². The van der Waals surface area contributed by atoms with Gasteiger partial charge < -0.3 is 69.3 Å². The first kappa shape index (κ1) is 92.3. The molecule has 0 saturated carbocycles. The Morgan fingerprint density at radius 1 is 0.455 bits per heavy atom. The van der Waals surface area contributed by atoms with Crippen molar-refractivity contribution in [2.45, 2.75) is 442 Å². The zero-order valence-corrected chi connectivity index (χ0v) is 63.7. The Kier molecular flexibility index (Phi) is 56.3. The first-order chi connectivity index (χ1) is 47.9. The molecular formula is C77H145N2O19P. The summed E-state index contributed by atoms with van der Waals surface area (Å²) in [5.41, 5.74) is 0. The van der Waals surface area contributed by atoms with Gasteiger partial charge in [0, 0.05) is 12.8 Å². The fourth-order valence-corrected chi connectivity index (χ4v) is 14.0. The van der Waals surface area contributed by atoms with Gasteiger partial charge in [-0.25, -0.2) is 4.57 Å². The first-order valence-electron chi connectivity index (χ1n) is 40.3. The lowest BCUT2D eigenvalue weighted by atomic mass is 9.95. The van der Waals surface area contributed by atoms with E-state index in [1.807, 2.05) is 0 Å². The van der Waals surface area contributed by atoms with Crippen molar-refractivity contribution in [3.05, 3.63) is 0 Å². The number of nitrogens with one attached hydrogen (secondary N) is 2. The second-order valence-electron chi connectivity index (χ2n) is 28.8. The smallest absolute Gasteiger partial charge is 0.462 e. The fraction of sp³-hybridized carbons (Fsp3) is 0.935. The van der Waals surface area contributed by atoms with E-state index in [1.165, 1.54) is 96.3 Å². The Bertz CT molecular complexity index is 2060. The van der Waals surface area contributed by atoms with E-state index in [4.69, 9.17) is 32.9 Å². The topological polar surface area (TPSA) is 312 Å². The Balaban J connectivity index is 2.50. The van der Waals surface area contributed by atoms with E-state index >= 15 is 0 Å². The normalized spacial score (nSPS) is 21.2. The molecule has 0 radical (unpaired) electrons. The Labute approximate surface area is 598 Å². The molecule has 2 aliphatic heterocycles. The zero-order valence-electron chi connectivity index (χ0n) is 62.8. The van der Waals surface area contributed by atoms with E-state index in [0.717, 1.165) is 161 Å². The molecule has 21 nitrogen and oxygen atoms in total. The molecular weight excluding hydrogens is 1290 g/mol. The van der Waals surface area contributed by atoms with Gasteiger partial charge in [0.15, 0.2) is 12.4 Å². The van der Waals surface area contributed by atoms with Crippen LogP contribution in [0.4, 0.5) is 0 Å². The van der Waals surface area contributed by atoms with Crippen molar-refractivity contribution in [1.29, 1.82) is 0 Å². The van der Waals surface area contributed by atoms with Crippen LogP contribution in [0.1, 0.15) is 369 Å². The Hall–Kier alpha value is -2.82. The van der Waals surface area contributed by atoms with Gasteiger partial charge in [-0.2, -0.15) is 0 Å². The molecule has 2 amide bonds. The zero-order chi connectivity index (χ0) is 72.6. The molecule has 0 aromatic heterocycles. The van der Waals surface area contributed by atoms with Gasteiger partial charge in [0.05, 0.1) is 51.2 Å². The van der Waals surface area contributed by atoms with Gasteiger partial charge in [0.1, 0.15) is 48.8 Å². The number of carbonyl (C=O) groups excluding carboxylic acids is 5. The van der Waals surface area contributed by atoms with Crippen molar-refractivity contribution in [1.82, 2.24) is 10.6 Å². The number of esters is 3. The quantitative estimate of drug-likeness (QED) is 0.0121. The van der Waals surface area contributed by atoms with Gasteiger partial charge in [-0.05, 0) is 44.9 Å². The number of rotatable bonds is 66. The van der Waals surface area contributed by atoms with Crippen LogP contribution in [-0.4, -0.2) is 153 Å². The number of aliphatic hydroxyl groups is 4. The highest BCUT2D eigenvalue weighted by molar-refractivity contribution is 7.46. The van der Waals surface area contributed by atoms with Crippen LogP contribution in [0, 0.1) is 0 Å². The molecule has 0 aliphatic carbocycles. The van der Waals surface area contributed by atoms with Crippen molar-refractivity contribution in [2.24, 2.45) is 0 Å². The molecule has 2 rings (SSSR count). The summed E-state index contributed by atoms with van der Waals surface area (Å²) in [5, 5.41) is 50.0. The van der Waals surface area contributed by atoms with Gasteiger partial charge in [0.25, 0.3) is 0 Å². The average molecular weight is 1430 g/mol. The largest absolute Gasteiger partial charge is 0.470 e. The lowest BCUT2D eigenvalue weighted by Crippen LogP contribution is -2.67. The van der Waals surface area contributed by atoms with Gasteiger partial charge in [-0.1, -0.05) is 291 Å². The van der Waals surface area contributed by atoms with E-state index in [-0.39, 0.29) is 32.3 Å². The highest BCUT2D eigenvalue weighted by Gasteiger charge is 2.53. The summed E-state index contributed by atoms with van der Waals surface area (Å²) >= 11 is 0. The molecule has 99 heavy (non-hydrogen) atoms. The standard InChI is InChI=1S/C77H145N2O19P/c1-6-11-16-21-26-31-33-38-43-48-53-69(84)94-62(51-46-41-36-29-24-19-14-9-4)56-68(83)79-72-76(97-71(86)57-63(52-47-42-37-30-25-20-15-10-5)95-70(85)54-49-44-39-34-32-27-22-17-12-7-2)75(98-99(89,90)91)65(58-80)96-77(72)93-60-66-74(88)73(87)64(59-92-66)78-67(82)55-61(81)50-45-40-35-28-23-18-13-8-3/h61-66,72-77,80-81,87-88H,6-60H2,1-5H3,(H,78,82)(H,79,83)(H2,89,90,91)/t61-,62-,63-,64?,65?,66?,72?,73?,74-,75-,76?,77-/m1/s1. The SMILES string of the molecule is CCCCCCCCCCCCC(=O)O[C@H](CCCCCCCCCC)CC(=O)NC1C(OC(=O)C[C@@H](CCCCCCCCCC)OC(=O)CCCCCCCCCCCC)[C@H](OP(=O)(O)O)C(CO)O[C@H]1OCC1OCC(NC(=O)C[C@H](O)CCCCCCCCCC)C(O)[C@@H]1O. The van der Waals surface area contributed by atoms with E-state index in [1.54, 1.807) is 0 Å². The summed E-state index contributed by atoms with van der Waals surface area (Å²) in [7, 11) is -5.52. The van der Waals surface area contributed by atoms with Crippen molar-refractivity contribution < 1.29 is 91.7 Å². The summed E-state index contributed by atoms with van der Waals surface area (Å²) in [6, 6.07) is -2.77. The molecule has 0 aromatic carbocycles. The summed E-state index contributed by atoms with van der Waals surface area (Å²) in [5.74, 6) is -3.19. The van der Waals surface area contributed by atoms with Crippen LogP contribution in [0.25, 0.3) is 0 Å². The Morgan fingerprint density at radius 3 is 1.23 bits per heavy atom. The van der Waals surface area contributed by atoms with Crippen LogP contribution in [0.3, 0.4) is 0 Å². The van der Waals surface area contributed by atoms with Crippen molar-refractivity contribution in [3.8, 4) is 0 Å². The van der Waals surface area contributed by atoms with Crippen LogP contribution in [0.5, 0.6) is 0 Å². The third-order valence-corrected chi connectivity index (χ3v) is 20.0. The number of hydrogen-bond acceptors (Lipinski definition) is 17. The maximum absolute atomic E-state index is 14.8. The molecule has 2 heterocycles. The molecule has 22 heteroatoms. The molecule has 2 fully saturated rings. The monoisotopic (exact) mass is 1430 g/mol. The maximum Gasteiger partial charge on any atom is 0.470 e. The molecule has 12 atom stereocenters. The first-order valence-corrected chi connectivity index (χ1v) is 41.9. The van der Waals surface area contributed by atoms with Crippen LogP contribution in [-0.2, 0) is 61.5 Å². The minimum absolute atomic E-state index is 0.146. The second kappa shape index (κ2) is 60.4. The predicted molar refractivity (Wildman–Crippen MR) is 388 cm³/mol. The van der Waals surface area contributed by atoms with Crippen molar-refractivity contribution in [2.75, 3.05) is 19.8 Å². The highest BCUT2D eigenvalue weighted by atomic mass is 31.2. The van der Waals surface area contributed by atoms with Crippen LogP contribution in [0.15, 0.2) is 0 Å². The number of unbranched alkanes of at least 4 members (excludes halogenated alkanes) is 39. The maximum atomic E-state index is 14.8. The van der Waals surface area contributed by atoms with Crippen LogP contribution < -0.4 is 10.6 Å². The van der Waals surface area contributed by atoms with Gasteiger partial charge in [-0.15, -0.1) is 0 Å². The summed E-state index contributed by atoms with van der Waals surface area (Å²) < 4.78 is 55.0. The minimum Gasteiger partial charge on any atom is -0.462 e. The fourth-order valence-electron chi connectivity index (χ4n) is 13.5.